The van der Waals surface area contributed by atoms with Crippen LogP contribution in [0.4, 0.5) is 16.2 Å². The van der Waals surface area contributed by atoms with Crippen LogP contribution in [0.25, 0.3) is 0 Å². The maximum atomic E-state index is 14.2. The molecule has 3 aromatic rings. The highest BCUT2D eigenvalue weighted by molar-refractivity contribution is 6.06. The van der Waals surface area contributed by atoms with Crippen molar-refractivity contribution in [2.45, 2.75) is 62.9 Å². The van der Waals surface area contributed by atoms with Crippen LogP contribution >= 0.6 is 0 Å². The number of fused-ring (bicyclic) bond motifs is 1. The van der Waals surface area contributed by atoms with Crippen LogP contribution in [0.5, 0.6) is 5.75 Å². The number of hydrogen-bond donors (Lipinski definition) is 2. The molecule has 0 unspecified atom stereocenters. The number of Topliss-reactive ketones (excluding diaryl/α,β-unsaturated/α-hetero) is 1. The molecule has 7 nitrogen and oxygen atoms in total. The van der Waals surface area contributed by atoms with E-state index in [0.717, 1.165) is 54.1 Å². The number of amides is 2. The van der Waals surface area contributed by atoms with Crippen LogP contribution in [0.15, 0.2) is 82.6 Å². The summed E-state index contributed by atoms with van der Waals surface area (Å²) in [4.78, 5) is 30.0. The van der Waals surface area contributed by atoms with Gasteiger partial charge in [0.05, 0.1) is 30.8 Å². The SMILES string of the molecule is COc1ccccc1[C@H]1C2=C(C[C@@H](c3ccco3)CC2=O)Nc2ccccc2N1C(=O)NC1CCCCC1. The Balaban J connectivity index is 1.52. The standard InChI is InChI=1S/C31H33N3O4/c1-37-28-15-8-5-12-22(28)30-29-24(18-20(19-26(29)35)27-16-9-17-38-27)33-23-13-6-7-14-25(23)34(30)31(36)32-21-10-3-2-4-11-21/h5-9,12-17,20-21,30,33H,2-4,10-11,18-19H2,1H3,(H,32,36)/t20-,30+/m1/s1. The van der Waals surface area contributed by atoms with E-state index in [1.165, 1.54) is 6.42 Å². The van der Waals surface area contributed by atoms with Crippen molar-refractivity contribution in [3.63, 3.8) is 0 Å². The lowest BCUT2D eigenvalue weighted by Crippen LogP contribution is -2.48. The van der Waals surface area contributed by atoms with Crippen LogP contribution in [0, 0.1) is 0 Å². The van der Waals surface area contributed by atoms with Gasteiger partial charge in [0.15, 0.2) is 5.78 Å². The zero-order valence-electron chi connectivity index (χ0n) is 21.6. The quantitative estimate of drug-likeness (QED) is 0.407. The van der Waals surface area contributed by atoms with Crippen molar-refractivity contribution < 1.29 is 18.7 Å². The van der Waals surface area contributed by atoms with E-state index < -0.39 is 6.04 Å². The molecule has 0 bridgehead atoms. The molecular formula is C31H33N3O4. The van der Waals surface area contributed by atoms with Crippen LogP contribution in [-0.4, -0.2) is 25.0 Å². The Labute approximate surface area is 222 Å². The van der Waals surface area contributed by atoms with Crippen LogP contribution in [0.3, 0.4) is 0 Å². The second kappa shape index (κ2) is 10.4. The first-order chi connectivity index (χ1) is 18.6. The van der Waals surface area contributed by atoms with Gasteiger partial charge in [0, 0.05) is 35.2 Å². The molecule has 3 aliphatic rings. The Bertz CT molecular complexity index is 1360. The van der Waals surface area contributed by atoms with E-state index in [1.54, 1.807) is 18.3 Å². The van der Waals surface area contributed by atoms with Gasteiger partial charge in [-0.2, -0.15) is 0 Å². The first-order valence-electron chi connectivity index (χ1n) is 13.5. The molecule has 0 radical (unpaired) electrons. The molecule has 2 N–H and O–H groups in total. The Hall–Kier alpha value is -4.00. The highest BCUT2D eigenvalue weighted by atomic mass is 16.5. The second-order valence-electron chi connectivity index (χ2n) is 10.4. The summed E-state index contributed by atoms with van der Waals surface area (Å²) < 4.78 is 11.5. The lowest BCUT2D eigenvalue weighted by atomic mass is 9.80. The normalized spacial score (nSPS) is 21.7. The Morgan fingerprint density at radius 1 is 1.00 bits per heavy atom. The summed E-state index contributed by atoms with van der Waals surface area (Å²) in [6.07, 6.45) is 7.93. The van der Waals surface area contributed by atoms with Crippen molar-refractivity contribution in [2.75, 3.05) is 17.3 Å². The van der Waals surface area contributed by atoms with E-state index in [0.29, 0.717) is 24.2 Å². The van der Waals surface area contributed by atoms with E-state index >= 15 is 0 Å². The van der Waals surface area contributed by atoms with Crippen molar-refractivity contribution in [2.24, 2.45) is 0 Å². The molecule has 0 saturated heterocycles. The molecule has 6 rings (SSSR count). The van der Waals surface area contributed by atoms with Crippen molar-refractivity contribution in [1.82, 2.24) is 5.32 Å². The average Bonchev–Trinajstić information content (AvgIpc) is 3.44. The van der Waals surface area contributed by atoms with E-state index in [4.69, 9.17) is 9.15 Å². The Morgan fingerprint density at radius 3 is 2.58 bits per heavy atom. The lowest BCUT2D eigenvalue weighted by molar-refractivity contribution is -0.116. The highest BCUT2D eigenvalue weighted by Gasteiger charge is 2.43. The molecule has 38 heavy (non-hydrogen) atoms. The predicted molar refractivity (Wildman–Crippen MR) is 146 cm³/mol. The molecule has 7 heteroatoms. The summed E-state index contributed by atoms with van der Waals surface area (Å²) in [6.45, 7) is 0. The number of ether oxygens (including phenoxy) is 1. The number of anilines is 2. The molecule has 1 aromatic heterocycles. The minimum absolute atomic E-state index is 0.000622. The van der Waals surface area contributed by atoms with E-state index in [9.17, 15) is 9.59 Å². The smallest absolute Gasteiger partial charge is 0.323 e. The zero-order chi connectivity index (χ0) is 26.1. The third-order valence-electron chi connectivity index (χ3n) is 8.02. The topological polar surface area (TPSA) is 83.8 Å². The fourth-order valence-electron chi connectivity index (χ4n) is 6.22. The van der Waals surface area contributed by atoms with Gasteiger partial charge in [-0.3, -0.25) is 9.69 Å². The van der Waals surface area contributed by atoms with Gasteiger partial charge in [0.2, 0.25) is 0 Å². The van der Waals surface area contributed by atoms with Crippen LogP contribution in [0.1, 0.15) is 68.2 Å². The number of rotatable bonds is 4. The fourth-order valence-corrected chi connectivity index (χ4v) is 6.22. The third-order valence-corrected chi connectivity index (χ3v) is 8.02. The number of carbonyl (C=O) groups excluding carboxylic acids is 2. The van der Waals surface area contributed by atoms with Gasteiger partial charge >= 0.3 is 6.03 Å². The molecule has 196 valence electrons. The molecule has 2 amide bonds. The maximum absolute atomic E-state index is 14.2. The van der Waals surface area contributed by atoms with E-state index in [2.05, 4.69) is 10.6 Å². The first-order valence-corrected chi connectivity index (χ1v) is 13.5. The number of hydrogen-bond acceptors (Lipinski definition) is 5. The summed E-state index contributed by atoms with van der Waals surface area (Å²) in [5, 5.41) is 6.87. The number of ketones is 1. The number of benzene rings is 2. The van der Waals surface area contributed by atoms with Gasteiger partial charge in [-0.25, -0.2) is 4.79 Å². The van der Waals surface area contributed by atoms with Crippen LogP contribution < -0.4 is 20.3 Å². The number of allylic oxidation sites excluding steroid dienone is 1. The number of furan rings is 1. The molecule has 0 spiro atoms. The zero-order valence-corrected chi connectivity index (χ0v) is 21.6. The van der Waals surface area contributed by atoms with Gasteiger partial charge in [-0.15, -0.1) is 0 Å². The predicted octanol–water partition coefficient (Wildman–Crippen LogP) is 6.70. The second-order valence-corrected chi connectivity index (χ2v) is 10.4. The summed E-state index contributed by atoms with van der Waals surface area (Å²) in [6, 6.07) is 18.5. The van der Waals surface area contributed by atoms with Gasteiger partial charge in [-0.1, -0.05) is 49.6 Å². The summed E-state index contributed by atoms with van der Waals surface area (Å²) in [5.41, 5.74) is 3.73. The Morgan fingerprint density at radius 2 is 1.79 bits per heavy atom. The summed E-state index contributed by atoms with van der Waals surface area (Å²) in [5.74, 6) is 1.36. The monoisotopic (exact) mass is 511 g/mol. The number of methoxy groups -OCH3 is 1. The first kappa shape index (κ1) is 24.3. The number of carbonyl (C=O) groups is 2. The molecule has 2 atom stereocenters. The van der Waals surface area contributed by atoms with Gasteiger partial charge in [0.1, 0.15) is 11.5 Å². The Kier molecular flexibility index (Phi) is 6.66. The number of nitrogens with zero attached hydrogens (tertiary/aromatic N) is 1. The maximum Gasteiger partial charge on any atom is 0.323 e. The van der Waals surface area contributed by atoms with Crippen LogP contribution in [-0.2, 0) is 4.79 Å². The number of para-hydroxylation sites is 3. The van der Waals surface area contributed by atoms with Crippen LogP contribution in [0.2, 0.25) is 0 Å². The molecule has 1 saturated carbocycles. The van der Waals surface area contributed by atoms with E-state index in [1.807, 2.05) is 60.7 Å². The van der Waals surface area contributed by atoms with Crippen molar-refractivity contribution in [1.29, 1.82) is 0 Å². The fraction of sp³-hybridized carbons (Fsp3) is 0.355. The lowest BCUT2D eigenvalue weighted by Gasteiger charge is -2.36. The van der Waals surface area contributed by atoms with Gasteiger partial charge < -0.3 is 19.8 Å². The van der Waals surface area contributed by atoms with Crippen molar-refractivity contribution in [3.8, 4) is 5.75 Å². The third kappa shape index (κ3) is 4.46. The molecule has 1 aliphatic heterocycles. The minimum atomic E-state index is -0.647. The van der Waals surface area contributed by atoms with Crippen molar-refractivity contribution >= 4 is 23.2 Å². The van der Waals surface area contributed by atoms with Gasteiger partial charge in [0.25, 0.3) is 0 Å². The minimum Gasteiger partial charge on any atom is -0.496 e. The average molecular weight is 512 g/mol. The molecule has 2 aliphatic carbocycles. The largest absolute Gasteiger partial charge is 0.496 e. The van der Waals surface area contributed by atoms with Gasteiger partial charge in [-0.05, 0) is 49.6 Å². The molecular weight excluding hydrogens is 478 g/mol. The number of urea groups is 1. The summed E-state index contributed by atoms with van der Waals surface area (Å²) >= 11 is 0. The molecule has 2 heterocycles. The highest BCUT2D eigenvalue weighted by Crippen LogP contribution is 2.49. The number of nitrogens with one attached hydrogen (secondary N) is 2. The van der Waals surface area contributed by atoms with Crippen molar-refractivity contribution in [3.05, 3.63) is 89.5 Å². The molecule has 1 fully saturated rings. The van der Waals surface area contributed by atoms with E-state index in [-0.39, 0.29) is 23.8 Å². The molecule has 2 aromatic carbocycles. The summed E-state index contributed by atoms with van der Waals surface area (Å²) in [7, 11) is 1.62.